The van der Waals surface area contributed by atoms with Crippen molar-refractivity contribution in [3.8, 4) is 0 Å². The SMILES string of the molecule is Cn1nc(CC(Cc2cccnc2)NN)c2ccccc21. The summed E-state index contributed by atoms with van der Waals surface area (Å²) in [7, 11) is 1.97. The molecule has 3 N–H and O–H groups in total. The van der Waals surface area contributed by atoms with Crippen molar-refractivity contribution in [1.29, 1.82) is 0 Å². The molecule has 0 aliphatic heterocycles. The Balaban J connectivity index is 1.83. The van der Waals surface area contributed by atoms with Gasteiger partial charge >= 0.3 is 0 Å². The highest BCUT2D eigenvalue weighted by Crippen LogP contribution is 2.19. The second-order valence-corrected chi connectivity index (χ2v) is 5.22. The number of para-hydroxylation sites is 1. The molecule has 2 heterocycles. The van der Waals surface area contributed by atoms with Crippen LogP contribution in [0.25, 0.3) is 10.9 Å². The Morgan fingerprint density at radius 2 is 2.05 bits per heavy atom. The molecular formula is C16H19N5. The largest absolute Gasteiger partial charge is 0.271 e. The molecule has 5 heteroatoms. The first kappa shape index (κ1) is 13.7. The summed E-state index contributed by atoms with van der Waals surface area (Å²) >= 11 is 0. The Morgan fingerprint density at radius 1 is 1.19 bits per heavy atom. The zero-order valence-corrected chi connectivity index (χ0v) is 12.0. The van der Waals surface area contributed by atoms with Crippen molar-refractivity contribution < 1.29 is 0 Å². The quantitative estimate of drug-likeness (QED) is 0.550. The Hall–Kier alpha value is -2.24. The molecule has 2 aromatic heterocycles. The molecule has 21 heavy (non-hydrogen) atoms. The van der Waals surface area contributed by atoms with E-state index in [1.54, 1.807) is 6.20 Å². The minimum Gasteiger partial charge on any atom is -0.271 e. The normalized spacial score (nSPS) is 12.7. The molecule has 1 aromatic carbocycles. The van der Waals surface area contributed by atoms with E-state index < -0.39 is 0 Å². The first-order chi connectivity index (χ1) is 10.3. The zero-order chi connectivity index (χ0) is 14.7. The molecule has 3 aromatic rings. The predicted octanol–water partition coefficient (Wildman–Crippen LogP) is 1.59. The van der Waals surface area contributed by atoms with Crippen molar-refractivity contribution in [3.63, 3.8) is 0 Å². The maximum atomic E-state index is 5.71. The fourth-order valence-corrected chi connectivity index (χ4v) is 2.67. The third-order valence-corrected chi connectivity index (χ3v) is 3.71. The van der Waals surface area contributed by atoms with Gasteiger partial charge in [-0.3, -0.25) is 20.9 Å². The molecule has 0 saturated heterocycles. The summed E-state index contributed by atoms with van der Waals surface area (Å²) in [5.41, 5.74) is 6.28. The third kappa shape index (κ3) is 2.94. The van der Waals surface area contributed by atoms with E-state index in [2.05, 4.69) is 33.7 Å². The lowest BCUT2D eigenvalue weighted by Gasteiger charge is -2.14. The van der Waals surface area contributed by atoms with Crippen molar-refractivity contribution in [1.82, 2.24) is 20.2 Å². The highest BCUT2D eigenvalue weighted by Gasteiger charge is 2.14. The number of nitrogens with two attached hydrogens (primary N) is 1. The fraction of sp³-hybridized carbons (Fsp3) is 0.250. The molecular weight excluding hydrogens is 262 g/mol. The number of pyridine rings is 1. The zero-order valence-electron chi connectivity index (χ0n) is 12.0. The Kier molecular flexibility index (Phi) is 3.94. The van der Waals surface area contributed by atoms with Gasteiger partial charge in [0.15, 0.2) is 0 Å². The summed E-state index contributed by atoms with van der Waals surface area (Å²) in [5.74, 6) is 5.71. The number of hydrogen-bond donors (Lipinski definition) is 2. The van der Waals surface area contributed by atoms with Crippen LogP contribution in [0.4, 0.5) is 0 Å². The van der Waals surface area contributed by atoms with Crippen LogP contribution in [0, 0.1) is 0 Å². The van der Waals surface area contributed by atoms with Gasteiger partial charge in [0.25, 0.3) is 0 Å². The lowest BCUT2D eigenvalue weighted by Crippen LogP contribution is -2.38. The molecule has 0 aliphatic rings. The van der Waals surface area contributed by atoms with Gasteiger partial charge in [0.2, 0.25) is 0 Å². The van der Waals surface area contributed by atoms with Gasteiger partial charge in [0.1, 0.15) is 0 Å². The predicted molar refractivity (Wildman–Crippen MR) is 83.5 cm³/mol. The summed E-state index contributed by atoms with van der Waals surface area (Å²) in [4.78, 5) is 4.14. The van der Waals surface area contributed by atoms with Gasteiger partial charge < -0.3 is 0 Å². The molecule has 0 amide bonds. The minimum atomic E-state index is 0.132. The Bertz CT molecular complexity index is 720. The average Bonchev–Trinajstić information content (AvgIpc) is 2.84. The topological polar surface area (TPSA) is 68.8 Å². The minimum absolute atomic E-state index is 0.132. The van der Waals surface area contributed by atoms with Gasteiger partial charge in [0.05, 0.1) is 11.2 Å². The van der Waals surface area contributed by atoms with Gasteiger partial charge in [-0.05, 0) is 24.1 Å². The molecule has 0 spiro atoms. The molecule has 5 nitrogen and oxygen atoms in total. The van der Waals surface area contributed by atoms with Crippen molar-refractivity contribution in [2.24, 2.45) is 12.9 Å². The Labute approximate surface area is 123 Å². The summed E-state index contributed by atoms with van der Waals surface area (Å²) in [6.45, 7) is 0. The van der Waals surface area contributed by atoms with Crippen LogP contribution in [0.1, 0.15) is 11.3 Å². The number of aryl methyl sites for hydroxylation is 1. The van der Waals surface area contributed by atoms with E-state index in [-0.39, 0.29) is 6.04 Å². The smallest absolute Gasteiger partial charge is 0.0719 e. The molecule has 1 atom stereocenters. The fourth-order valence-electron chi connectivity index (χ4n) is 2.67. The van der Waals surface area contributed by atoms with E-state index >= 15 is 0 Å². The molecule has 0 bridgehead atoms. The molecule has 3 rings (SSSR count). The molecule has 0 aliphatic carbocycles. The number of hydrazine groups is 1. The first-order valence-electron chi connectivity index (χ1n) is 7.03. The van der Waals surface area contributed by atoms with Crippen LogP contribution in [0.3, 0.4) is 0 Å². The molecule has 0 radical (unpaired) electrons. The first-order valence-corrected chi connectivity index (χ1v) is 7.03. The molecule has 108 valence electrons. The summed E-state index contributed by atoms with van der Waals surface area (Å²) in [6, 6.07) is 12.4. The van der Waals surface area contributed by atoms with Crippen LogP contribution in [0.5, 0.6) is 0 Å². The van der Waals surface area contributed by atoms with Gasteiger partial charge in [-0.1, -0.05) is 24.3 Å². The standard InChI is InChI=1S/C16H19N5/c1-21-16-7-3-2-6-14(16)15(20-21)10-13(19-17)9-12-5-4-8-18-11-12/h2-8,11,13,19H,9-10,17H2,1H3. The van der Waals surface area contributed by atoms with E-state index in [0.29, 0.717) is 0 Å². The number of fused-ring (bicyclic) bond motifs is 1. The number of hydrogen-bond acceptors (Lipinski definition) is 4. The van der Waals surface area contributed by atoms with E-state index in [1.165, 1.54) is 10.9 Å². The van der Waals surface area contributed by atoms with Crippen LogP contribution in [-0.2, 0) is 19.9 Å². The number of benzene rings is 1. The number of nitrogens with zero attached hydrogens (tertiary/aromatic N) is 3. The van der Waals surface area contributed by atoms with Gasteiger partial charge in [0, 0.05) is 37.3 Å². The second-order valence-electron chi connectivity index (χ2n) is 5.22. The Morgan fingerprint density at radius 3 is 2.81 bits per heavy atom. The highest BCUT2D eigenvalue weighted by atomic mass is 15.3. The van der Waals surface area contributed by atoms with Crippen LogP contribution in [0.2, 0.25) is 0 Å². The van der Waals surface area contributed by atoms with Crippen molar-refractivity contribution in [3.05, 3.63) is 60.0 Å². The maximum Gasteiger partial charge on any atom is 0.0719 e. The van der Waals surface area contributed by atoms with Crippen LogP contribution >= 0.6 is 0 Å². The van der Waals surface area contributed by atoms with Crippen molar-refractivity contribution >= 4 is 10.9 Å². The summed E-state index contributed by atoms with van der Waals surface area (Å²) < 4.78 is 1.92. The van der Waals surface area contributed by atoms with E-state index in [1.807, 2.05) is 36.1 Å². The molecule has 1 unspecified atom stereocenters. The number of aromatic nitrogens is 3. The third-order valence-electron chi connectivity index (χ3n) is 3.71. The second kappa shape index (κ2) is 6.03. The van der Waals surface area contributed by atoms with Crippen LogP contribution < -0.4 is 11.3 Å². The van der Waals surface area contributed by atoms with Crippen molar-refractivity contribution in [2.75, 3.05) is 0 Å². The van der Waals surface area contributed by atoms with Crippen LogP contribution in [0.15, 0.2) is 48.8 Å². The van der Waals surface area contributed by atoms with E-state index in [9.17, 15) is 0 Å². The van der Waals surface area contributed by atoms with Crippen molar-refractivity contribution in [2.45, 2.75) is 18.9 Å². The van der Waals surface area contributed by atoms with E-state index in [0.717, 1.165) is 24.1 Å². The molecule has 0 fully saturated rings. The van der Waals surface area contributed by atoms with Crippen LogP contribution in [-0.4, -0.2) is 20.8 Å². The maximum absolute atomic E-state index is 5.71. The van der Waals surface area contributed by atoms with Gasteiger partial charge in [-0.15, -0.1) is 0 Å². The number of rotatable bonds is 5. The number of nitrogens with one attached hydrogen (secondary N) is 1. The van der Waals surface area contributed by atoms with E-state index in [4.69, 9.17) is 5.84 Å². The summed E-state index contributed by atoms with van der Waals surface area (Å²) in [6.07, 6.45) is 5.27. The lowest BCUT2D eigenvalue weighted by atomic mass is 10.0. The molecule has 0 saturated carbocycles. The monoisotopic (exact) mass is 281 g/mol. The van der Waals surface area contributed by atoms with Gasteiger partial charge in [-0.25, -0.2) is 0 Å². The highest BCUT2D eigenvalue weighted by molar-refractivity contribution is 5.81. The van der Waals surface area contributed by atoms with Gasteiger partial charge in [-0.2, -0.15) is 5.10 Å². The summed E-state index contributed by atoms with van der Waals surface area (Å²) in [5, 5.41) is 5.81. The average molecular weight is 281 g/mol. The lowest BCUT2D eigenvalue weighted by molar-refractivity contribution is 0.515.